The number of halogens is 1. The zero-order valence-electron chi connectivity index (χ0n) is 19.8. The molecule has 0 unspecified atom stereocenters. The minimum absolute atomic E-state index is 0.00554. The predicted molar refractivity (Wildman–Crippen MR) is 127 cm³/mol. The molecule has 0 spiro atoms. The fourth-order valence-corrected chi connectivity index (χ4v) is 5.27. The maximum absolute atomic E-state index is 13.9. The van der Waals surface area contributed by atoms with Gasteiger partial charge in [-0.25, -0.2) is 13.9 Å². The Kier molecular flexibility index (Phi) is 5.72. The zero-order valence-corrected chi connectivity index (χ0v) is 19.8. The van der Waals surface area contributed by atoms with Crippen LogP contribution in [-0.4, -0.2) is 45.0 Å². The van der Waals surface area contributed by atoms with E-state index < -0.39 is 5.82 Å². The number of aromatic nitrogens is 3. The fraction of sp³-hybridized carbons (Fsp3) is 0.462. The van der Waals surface area contributed by atoms with Gasteiger partial charge in [0.1, 0.15) is 11.6 Å². The number of piperidine rings is 1. The van der Waals surface area contributed by atoms with Crippen molar-refractivity contribution >= 4 is 17.4 Å². The molecule has 2 aliphatic rings. The Bertz CT molecular complexity index is 1290. The van der Waals surface area contributed by atoms with E-state index in [4.69, 9.17) is 10.1 Å². The van der Waals surface area contributed by atoms with Crippen LogP contribution in [-0.2, 0) is 0 Å². The second kappa shape index (κ2) is 8.71. The van der Waals surface area contributed by atoms with Crippen molar-refractivity contribution in [1.29, 1.82) is 5.26 Å². The lowest BCUT2D eigenvalue weighted by Gasteiger charge is -2.35. The molecule has 3 aromatic rings. The van der Waals surface area contributed by atoms with Gasteiger partial charge in [0.05, 0.1) is 23.7 Å². The van der Waals surface area contributed by atoms with Crippen molar-refractivity contribution in [3.8, 4) is 6.07 Å². The summed E-state index contributed by atoms with van der Waals surface area (Å²) in [5.41, 5.74) is 3.70. The van der Waals surface area contributed by atoms with E-state index in [1.807, 2.05) is 31.0 Å². The van der Waals surface area contributed by atoms with Gasteiger partial charge < -0.3 is 9.80 Å². The molecule has 8 heteroatoms. The number of carbonyl (C=O) groups is 1. The number of nitriles is 1. The molecular formula is C26H29FN6O. The van der Waals surface area contributed by atoms with Crippen LogP contribution in [0.15, 0.2) is 30.5 Å². The largest absolute Gasteiger partial charge is 0.355 e. The highest BCUT2D eigenvalue weighted by atomic mass is 19.1. The summed E-state index contributed by atoms with van der Waals surface area (Å²) in [5.74, 6) is 0.631. The van der Waals surface area contributed by atoms with Crippen molar-refractivity contribution in [1.82, 2.24) is 19.5 Å². The van der Waals surface area contributed by atoms with Crippen LogP contribution < -0.4 is 4.90 Å². The number of hydrogen-bond donors (Lipinski definition) is 0. The first kappa shape index (κ1) is 22.3. The quantitative estimate of drug-likeness (QED) is 0.577. The van der Waals surface area contributed by atoms with Crippen LogP contribution in [0.2, 0.25) is 0 Å². The number of amides is 1. The van der Waals surface area contributed by atoms with Gasteiger partial charge in [0.25, 0.3) is 5.91 Å². The smallest absolute Gasteiger partial charge is 0.254 e. The lowest BCUT2D eigenvalue weighted by atomic mass is 9.97. The first-order valence-corrected chi connectivity index (χ1v) is 11.9. The predicted octanol–water partition coefficient (Wildman–Crippen LogP) is 4.45. The van der Waals surface area contributed by atoms with E-state index in [1.165, 1.54) is 12.1 Å². The Morgan fingerprint density at radius 2 is 2.00 bits per heavy atom. The van der Waals surface area contributed by atoms with Crippen LogP contribution in [0.4, 0.5) is 10.2 Å². The van der Waals surface area contributed by atoms with E-state index in [0.29, 0.717) is 24.6 Å². The number of carbonyl (C=O) groups excluding carboxylic acids is 1. The average Bonchev–Trinajstić information content (AvgIpc) is 3.42. The second-order valence-electron chi connectivity index (χ2n) is 9.71. The molecule has 176 valence electrons. The zero-order chi connectivity index (χ0) is 24.0. The van der Waals surface area contributed by atoms with Crippen LogP contribution in [0.1, 0.15) is 59.4 Å². The van der Waals surface area contributed by atoms with Crippen molar-refractivity contribution in [2.75, 3.05) is 24.5 Å². The second-order valence-corrected chi connectivity index (χ2v) is 9.71. The molecule has 4 heterocycles. The Morgan fingerprint density at radius 3 is 2.76 bits per heavy atom. The van der Waals surface area contributed by atoms with Gasteiger partial charge in [0.2, 0.25) is 0 Å². The summed E-state index contributed by atoms with van der Waals surface area (Å²) in [6.45, 7) is 8.05. The molecule has 0 N–H and O–H groups in total. The standard InChI is InChI=1S/C26H29FN6O/c1-16-7-8-20(27)10-21(16)26(34)32-9-5-4-6-23(32)22-11-24-29-25(18(3)14-33(24)30-22)31-13-17(2)19(12-28)15-31/h7-8,10-11,14,17,19,23H,4-6,9,13,15H2,1-3H3/t17-,19+,23-/m0/s1. The molecule has 2 aromatic heterocycles. The SMILES string of the molecule is Cc1ccc(F)cc1C(=O)N1CCCC[C@H]1c1cc2nc(N3C[C@@H](C#N)[C@@H](C)C3)c(C)cn2n1. The molecule has 3 atom stereocenters. The summed E-state index contributed by atoms with van der Waals surface area (Å²) < 4.78 is 15.7. The van der Waals surface area contributed by atoms with E-state index in [2.05, 4.69) is 17.9 Å². The Labute approximate surface area is 198 Å². The van der Waals surface area contributed by atoms with E-state index >= 15 is 0 Å². The molecule has 2 saturated heterocycles. The van der Waals surface area contributed by atoms with Crippen molar-refractivity contribution in [2.45, 2.75) is 46.1 Å². The number of hydrogen-bond acceptors (Lipinski definition) is 5. The summed E-state index contributed by atoms with van der Waals surface area (Å²) in [6.07, 6.45) is 4.70. The first-order chi connectivity index (χ1) is 16.4. The van der Waals surface area contributed by atoms with Crippen LogP contribution in [0.3, 0.4) is 0 Å². The molecule has 1 amide bonds. The molecule has 1 aromatic carbocycles. The van der Waals surface area contributed by atoms with Gasteiger partial charge in [0, 0.05) is 43.0 Å². The minimum Gasteiger partial charge on any atom is -0.355 e. The molecule has 2 aliphatic heterocycles. The third kappa shape index (κ3) is 3.89. The fourth-order valence-electron chi connectivity index (χ4n) is 5.27. The maximum Gasteiger partial charge on any atom is 0.254 e. The summed E-state index contributed by atoms with van der Waals surface area (Å²) in [5, 5.41) is 14.2. The van der Waals surface area contributed by atoms with Gasteiger partial charge in [-0.1, -0.05) is 13.0 Å². The Hall–Kier alpha value is -3.47. The third-order valence-electron chi connectivity index (χ3n) is 7.24. The van der Waals surface area contributed by atoms with Crippen molar-refractivity contribution in [3.05, 3.63) is 58.7 Å². The van der Waals surface area contributed by atoms with Crippen LogP contribution in [0.5, 0.6) is 0 Å². The summed E-state index contributed by atoms with van der Waals surface area (Å²) >= 11 is 0. The molecule has 0 radical (unpaired) electrons. The van der Waals surface area contributed by atoms with Gasteiger partial charge >= 0.3 is 0 Å². The van der Waals surface area contributed by atoms with Gasteiger partial charge in [-0.05, 0) is 56.7 Å². The van der Waals surface area contributed by atoms with E-state index in [0.717, 1.165) is 54.1 Å². The Balaban J connectivity index is 1.47. The molecular weight excluding hydrogens is 431 g/mol. The maximum atomic E-state index is 13.9. The van der Waals surface area contributed by atoms with Gasteiger partial charge in [-0.2, -0.15) is 10.4 Å². The summed E-state index contributed by atoms with van der Waals surface area (Å²) in [7, 11) is 0. The first-order valence-electron chi connectivity index (χ1n) is 11.9. The number of likely N-dealkylation sites (tertiary alicyclic amines) is 1. The molecule has 7 nitrogen and oxygen atoms in total. The molecule has 5 rings (SSSR count). The Morgan fingerprint density at radius 1 is 1.18 bits per heavy atom. The highest BCUT2D eigenvalue weighted by Crippen LogP contribution is 2.34. The number of anilines is 1. The minimum atomic E-state index is -0.405. The van der Waals surface area contributed by atoms with Crippen LogP contribution in [0.25, 0.3) is 5.65 Å². The molecule has 0 bridgehead atoms. The van der Waals surface area contributed by atoms with E-state index in [1.54, 1.807) is 10.6 Å². The highest BCUT2D eigenvalue weighted by Gasteiger charge is 2.33. The van der Waals surface area contributed by atoms with Gasteiger partial charge in [-0.15, -0.1) is 0 Å². The summed E-state index contributed by atoms with van der Waals surface area (Å²) in [6, 6.07) is 8.55. The lowest BCUT2D eigenvalue weighted by molar-refractivity contribution is 0.0604. The van der Waals surface area contributed by atoms with Crippen molar-refractivity contribution in [3.63, 3.8) is 0 Å². The summed E-state index contributed by atoms with van der Waals surface area (Å²) in [4.78, 5) is 22.3. The highest BCUT2D eigenvalue weighted by molar-refractivity contribution is 5.96. The van der Waals surface area contributed by atoms with Crippen molar-refractivity contribution in [2.24, 2.45) is 11.8 Å². The number of fused-ring (bicyclic) bond motifs is 1. The molecule has 0 saturated carbocycles. The molecule has 34 heavy (non-hydrogen) atoms. The number of nitrogens with zero attached hydrogens (tertiary/aromatic N) is 6. The molecule has 0 aliphatic carbocycles. The number of benzene rings is 1. The van der Waals surface area contributed by atoms with E-state index in [9.17, 15) is 14.4 Å². The normalized spacial score (nSPS) is 22.9. The lowest BCUT2D eigenvalue weighted by Crippen LogP contribution is -2.39. The van der Waals surface area contributed by atoms with E-state index in [-0.39, 0.29) is 17.9 Å². The number of aryl methyl sites for hydroxylation is 2. The van der Waals surface area contributed by atoms with Crippen molar-refractivity contribution < 1.29 is 9.18 Å². The molecule has 2 fully saturated rings. The number of rotatable bonds is 3. The van der Waals surface area contributed by atoms with Crippen LogP contribution in [0, 0.1) is 42.8 Å². The van der Waals surface area contributed by atoms with Crippen LogP contribution >= 0.6 is 0 Å². The third-order valence-corrected chi connectivity index (χ3v) is 7.24. The van der Waals surface area contributed by atoms with Gasteiger partial charge in [-0.3, -0.25) is 4.79 Å². The average molecular weight is 461 g/mol. The monoisotopic (exact) mass is 460 g/mol. The topological polar surface area (TPSA) is 77.5 Å². The van der Waals surface area contributed by atoms with Gasteiger partial charge in [0.15, 0.2) is 5.65 Å².